The van der Waals surface area contributed by atoms with Crippen LogP contribution in [0.1, 0.15) is 44.6 Å². The van der Waals surface area contributed by atoms with E-state index in [1.54, 1.807) is 0 Å². The minimum absolute atomic E-state index is 0.157. The van der Waals surface area contributed by atoms with Crippen LogP contribution < -0.4 is 5.32 Å². The summed E-state index contributed by atoms with van der Waals surface area (Å²) in [4.78, 5) is 0. The second kappa shape index (κ2) is 8.07. The van der Waals surface area contributed by atoms with Crippen molar-refractivity contribution in [3.63, 3.8) is 0 Å². The van der Waals surface area contributed by atoms with Gasteiger partial charge in [0.1, 0.15) is 11.6 Å². The summed E-state index contributed by atoms with van der Waals surface area (Å²) in [5.74, 6) is -0.146. The third-order valence-corrected chi connectivity index (χ3v) is 2.81. The molecular weight excluding hydrogens is 217 g/mol. The summed E-state index contributed by atoms with van der Waals surface area (Å²) in [6, 6.07) is 4.04. The highest BCUT2D eigenvalue weighted by atomic mass is 19.1. The fourth-order valence-electron chi connectivity index (χ4n) is 1.77. The van der Waals surface area contributed by atoms with E-state index in [-0.39, 0.29) is 11.6 Å². The first-order valence-electron chi connectivity index (χ1n) is 6.42. The van der Waals surface area contributed by atoms with E-state index in [1.807, 2.05) is 0 Å². The molecule has 1 aromatic rings. The van der Waals surface area contributed by atoms with Gasteiger partial charge in [0, 0.05) is 12.1 Å². The van der Waals surface area contributed by atoms with Crippen LogP contribution in [-0.2, 0) is 6.54 Å². The lowest BCUT2D eigenvalue weighted by atomic mass is 10.1. The van der Waals surface area contributed by atoms with Gasteiger partial charge in [-0.05, 0) is 31.2 Å². The molecule has 0 unspecified atom stereocenters. The molecule has 2 nitrogen and oxygen atoms in total. The van der Waals surface area contributed by atoms with Crippen LogP contribution >= 0.6 is 0 Å². The third kappa shape index (κ3) is 5.68. The summed E-state index contributed by atoms with van der Waals surface area (Å²) >= 11 is 0. The van der Waals surface area contributed by atoms with Gasteiger partial charge in [-0.25, -0.2) is 4.39 Å². The number of benzene rings is 1. The lowest BCUT2D eigenvalue weighted by molar-refractivity contribution is 0.460. The molecule has 0 spiro atoms. The average molecular weight is 239 g/mol. The number of unbranched alkanes of at least 4 members (excludes halogenated alkanes) is 4. The minimum atomic E-state index is -0.303. The largest absolute Gasteiger partial charge is 0.508 e. The molecule has 2 N–H and O–H groups in total. The molecule has 0 radical (unpaired) electrons. The van der Waals surface area contributed by atoms with Crippen LogP contribution in [0, 0.1) is 5.82 Å². The number of phenols is 1. The van der Waals surface area contributed by atoms with Crippen molar-refractivity contribution in [2.24, 2.45) is 0 Å². The standard InChI is InChI=1S/C14H22FNO/c1-2-3-4-5-6-9-16-11-12-10-13(15)7-8-14(12)17/h7-8,10,16-17H,2-6,9,11H2,1H3. The van der Waals surface area contributed by atoms with Crippen molar-refractivity contribution in [3.8, 4) is 5.75 Å². The molecule has 0 atom stereocenters. The van der Waals surface area contributed by atoms with Crippen molar-refractivity contribution in [3.05, 3.63) is 29.6 Å². The quantitative estimate of drug-likeness (QED) is 0.679. The third-order valence-electron chi connectivity index (χ3n) is 2.81. The van der Waals surface area contributed by atoms with Crippen molar-refractivity contribution in [2.45, 2.75) is 45.6 Å². The number of hydrogen-bond donors (Lipinski definition) is 2. The molecule has 0 aliphatic rings. The van der Waals surface area contributed by atoms with Crippen molar-refractivity contribution >= 4 is 0 Å². The van der Waals surface area contributed by atoms with Crippen LogP contribution in [-0.4, -0.2) is 11.7 Å². The second-order valence-electron chi connectivity index (χ2n) is 4.36. The van der Waals surface area contributed by atoms with E-state index in [0.29, 0.717) is 12.1 Å². The highest BCUT2D eigenvalue weighted by Crippen LogP contribution is 2.17. The van der Waals surface area contributed by atoms with Gasteiger partial charge in [-0.15, -0.1) is 0 Å². The molecule has 1 aromatic carbocycles. The van der Waals surface area contributed by atoms with E-state index in [0.717, 1.165) is 13.0 Å². The van der Waals surface area contributed by atoms with Gasteiger partial charge in [-0.3, -0.25) is 0 Å². The maximum atomic E-state index is 12.9. The fraction of sp³-hybridized carbons (Fsp3) is 0.571. The Kier molecular flexibility index (Phi) is 6.63. The molecule has 0 saturated heterocycles. The average Bonchev–Trinajstić information content (AvgIpc) is 2.32. The number of phenolic OH excluding ortho intramolecular Hbond substituents is 1. The first kappa shape index (κ1) is 14.0. The molecule has 0 amide bonds. The zero-order chi connectivity index (χ0) is 12.5. The molecule has 0 bridgehead atoms. The van der Waals surface area contributed by atoms with Crippen LogP contribution in [0.3, 0.4) is 0 Å². The van der Waals surface area contributed by atoms with Gasteiger partial charge in [-0.2, -0.15) is 0 Å². The van der Waals surface area contributed by atoms with E-state index < -0.39 is 0 Å². The maximum Gasteiger partial charge on any atom is 0.123 e. The predicted molar refractivity (Wildman–Crippen MR) is 68.5 cm³/mol. The molecule has 0 aliphatic carbocycles. The molecular formula is C14H22FNO. The van der Waals surface area contributed by atoms with Crippen molar-refractivity contribution in [1.82, 2.24) is 5.32 Å². The molecule has 0 aromatic heterocycles. The smallest absolute Gasteiger partial charge is 0.123 e. The molecule has 1 rings (SSSR count). The molecule has 0 heterocycles. The molecule has 3 heteroatoms. The maximum absolute atomic E-state index is 12.9. The molecule has 0 saturated carbocycles. The van der Waals surface area contributed by atoms with Crippen molar-refractivity contribution in [2.75, 3.05) is 6.54 Å². The summed E-state index contributed by atoms with van der Waals surface area (Å²) in [6.07, 6.45) is 6.20. The Bertz CT molecular complexity index is 328. The van der Waals surface area contributed by atoms with Gasteiger partial charge in [0.25, 0.3) is 0 Å². The van der Waals surface area contributed by atoms with Crippen molar-refractivity contribution in [1.29, 1.82) is 0 Å². The first-order valence-corrected chi connectivity index (χ1v) is 6.42. The normalized spacial score (nSPS) is 10.7. The van der Waals surface area contributed by atoms with Crippen LogP contribution in [0.5, 0.6) is 5.75 Å². The van der Waals surface area contributed by atoms with Crippen molar-refractivity contribution < 1.29 is 9.50 Å². The van der Waals surface area contributed by atoms with Gasteiger partial charge >= 0.3 is 0 Å². The number of aromatic hydroxyl groups is 1. The van der Waals surface area contributed by atoms with Gasteiger partial charge in [0.05, 0.1) is 0 Å². The SMILES string of the molecule is CCCCCCCNCc1cc(F)ccc1O. The fourth-order valence-corrected chi connectivity index (χ4v) is 1.77. The second-order valence-corrected chi connectivity index (χ2v) is 4.36. The van der Waals surface area contributed by atoms with E-state index in [1.165, 1.54) is 43.9 Å². The molecule has 17 heavy (non-hydrogen) atoms. The molecule has 0 fully saturated rings. The Balaban J connectivity index is 2.15. The van der Waals surface area contributed by atoms with Crippen LogP contribution in [0.25, 0.3) is 0 Å². The summed E-state index contributed by atoms with van der Waals surface area (Å²) in [5.41, 5.74) is 0.624. The highest BCUT2D eigenvalue weighted by Gasteiger charge is 2.01. The Labute approximate surface area is 103 Å². The number of halogens is 1. The zero-order valence-electron chi connectivity index (χ0n) is 10.5. The summed E-state index contributed by atoms with van der Waals surface area (Å²) in [5, 5.41) is 12.7. The van der Waals surface area contributed by atoms with Crippen LogP contribution in [0.4, 0.5) is 4.39 Å². The number of hydrogen-bond acceptors (Lipinski definition) is 2. The van der Waals surface area contributed by atoms with Gasteiger partial charge in [0.2, 0.25) is 0 Å². The zero-order valence-corrected chi connectivity index (χ0v) is 10.5. The summed E-state index contributed by atoms with van der Waals surface area (Å²) in [6.45, 7) is 3.64. The lowest BCUT2D eigenvalue weighted by Gasteiger charge is -2.07. The summed E-state index contributed by atoms with van der Waals surface area (Å²) in [7, 11) is 0. The van der Waals surface area contributed by atoms with Crippen LogP contribution in [0.15, 0.2) is 18.2 Å². The highest BCUT2D eigenvalue weighted by molar-refractivity contribution is 5.32. The van der Waals surface area contributed by atoms with E-state index >= 15 is 0 Å². The van der Waals surface area contributed by atoms with E-state index in [2.05, 4.69) is 12.2 Å². The number of nitrogens with one attached hydrogen (secondary N) is 1. The van der Waals surface area contributed by atoms with Crippen LogP contribution in [0.2, 0.25) is 0 Å². The Morgan fingerprint density at radius 3 is 2.71 bits per heavy atom. The Morgan fingerprint density at radius 2 is 1.94 bits per heavy atom. The van der Waals surface area contributed by atoms with Gasteiger partial charge in [0.15, 0.2) is 0 Å². The van der Waals surface area contributed by atoms with Gasteiger partial charge < -0.3 is 10.4 Å². The monoisotopic (exact) mass is 239 g/mol. The Hall–Kier alpha value is -1.09. The van der Waals surface area contributed by atoms with E-state index in [4.69, 9.17) is 0 Å². The topological polar surface area (TPSA) is 32.3 Å². The first-order chi connectivity index (χ1) is 8.24. The molecule has 96 valence electrons. The minimum Gasteiger partial charge on any atom is -0.508 e. The Morgan fingerprint density at radius 1 is 1.18 bits per heavy atom. The van der Waals surface area contributed by atoms with Gasteiger partial charge in [-0.1, -0.05) is 32.6 Å². The summed E-state index contributed by atoms with van der Waals surface area (Å²) < 4.78 is 12.9. The molecule has 0 aliphatic heterocycles. The predicted octanol–water partition coefficient (Wildman–Crippen LogP) is 3.59. The number of rotatable bonds is 8. The lowest BCUT2D eigenvalue weighted by Crippen LogP contribution is -2.14. The van der Waals surface area contributed by atoms with E-state index in [9.17, 15) is 9.50 Å².